The molecule has 0 saturated carbocycles. The largest absolute Gasteiger partial charge is 0.486 e. The van der Waals surface area contributed by atoms with Crippen LogP contribution in [0.2, 0.25) is 0 Å². The van der Waals surface area contributed by atoms with Gasteiger partial charge in [0.25, 0.3) is 0 Å². The third-order valence-corrected chi connectivity index (χ3v) is 4.33. The van der Waals surface area contributed by atoms with E-state index < -0.39 is 6.10 Å². The maximum atomic E-state index is 10.3. The summed E-state index contributed by atoms with van der Waals surface area (Å²) in [6.07, 6.45) is 2.89. The summed E-state index contributed by atoms with van der Waals surface area (Å²) in [6, 6.07) is 6.39. The molecule has 0 spiro atoms. The summed E-state index contributed by atoms with van der Waals surface area (Å²) in [5, 5.41) is 10.3. The van der Waals surface area contributed by atoms with Crippen LogP contribution >= 0.6 is 0 Å². The molecule has 4 heteroatoms. The first-order valence-electron chi connectivity index (χ1n) is 7.56. The number of hydrogen-bond donors (Lipinski definition) is 1. The Labute approximate surface area is 120 Å². The van der Waals surface area contributed by atoms with Crippen LogP contribution in [-0.4, -0.2) is 42.4 Å². The Morgan fingerprint density at radius 1 is 1.30 bits per heavy atom. The molecule has 110 valence electrons. The van der Waals surface area contributed by atoms with Crippen molar-refractivity contribution in [2.45, 2.75) is 38.3 Å². The van der Waals surface area contributed by atoms with Crippen molar-refractivity contribution in [2.75, 3.05) is 26.3 Å². The van der Waals surface area contributed by atoms with Gasteiger partial charge in [0.1, 0.15) is 13.2 Å². The molecule has 2 aliphatic rings. The quantitative estimate of drug-likeness (QED) is 0.917. The van der Waals surface area contributed by atoms with Gasteiger partial charge < -0.3 is 19.5 Å². The second-order valence-electron chi connectivity index (χ2n) is 5.73. The van der Waals surface area contributed by atoms with Crippen LogP contribution in [0.1, 0.15) is 37.9 Å². The van der Waals surface area contributed by atoms with Gasteiger partial charge in [-0.05, 0) is 50.4 Å². The van der Waals surface area contributed by atoms with E-state index >= 15 is 0 Å². The second kappa shape index (κ2) is 6.02. The van der Waals surface area contributed by atoms with Crippen molar-refractivity contribution < 1.29 is 14.6 Å². The van der Waals surface area contributed by atoms with Crippen LogP contribution < -0.4 is 9.47 Å². The molecule has 4 nitrogen and oxygen atoms in total. The molecule has 0 amide bonds. The maximum Gasteiger partial charge on any atom is 0.161 e. The van der Waals surface area contributed by atoms with Crippen molar-refractivity contribution in [2.24, 2.45) is 0 Å². The first-order valence-corrected chi connectivity index (χ1v) is 7.56. The van der Waals surface area contributed by atoms with Gasteiger partial charge in [-0.1, -0.05) is 6.07 Å². The number of hydrogen-bond acceptors (Lipinski definition) is 4. The molecule has 0 radical (unpaired) electrons. The molecule has 0 aliphatic carbocycles. The summed E-state index contributed by atoms with van der Waals surface area (Å²) in [6.45, 7) is 5.56. The van der Waals surface area contributed by atoms with Crippen molar-refractivity contribution in [3.05, 3.63) is 23.8 Å². The second-order valence-corrected chi connectivity index (χ2v) is 5.73. The smallest absolute Gasteiger partial charge is 0.161 e. The van der Waals surface area contributed by atoms with E-state index in [1.165, 1.54) is 12.8 Å². The third kappa shape index (κ3) is 2.91. The Balaban J connectivity index is 1.60. The molecule has 1 aromatic carbocycles. The highest BCUT2D eigenvalue weighted by Gasteiger charge is 2.21. The van der Waals surface area contributed by atoms with Gasteiger partial charge >= 0.3 is 0 Å². The van der Waals surface area contributed by atoms with Crippen molar-refractivity contribution in [1.29, 1.82) is 0 Å². The molecule has 2 heterocycles. The molecule has 0 bridgehead atoms. The van der Waals surface area contributed by atoms with Crippen molar-refractivity contribution in [3.63, 3.8) is 0 Å². The molecule has 1 fully saturated rings. The maximum absolute atomic E-state index is 10.3. The Morgan fingerprint density at radius 2 is 2.10 bits per heavy atom. The van der Waals surface area contributed by atoms with Gasteiger partial charge in [-0.2, -0.15) is 0 Å². The van der Waals surface area contributed by atoms with Gasteiger partial charge in [0.05, 0.1) is 6.10 Å². The SMILES string of the molecule is C[C@H]1CCCN1CC[C@@H](O)c1ccc2c(c1)OCCO2. The topological polar surface area (TPSA) is 41.9 Å². The fourth-order valence-corrected chi connectivity index (χ4v) is 3.05. The Hall–Kier alpha value is -1.26. The van der Waals surface area contributed by atoms with E-state index in [1.807, 2.05) is 18.2 Å². The zero-order valence-electron chi connectivity index (χ0n) is 12.0. The number of rotatable bonds is 4. The molecule has 0 aromatic heterocycles. The minimum absolute atomic E-state index is 0.432. The number of benzene rings is 1. The van der Waals surface area contributed by atoms with Crippen LogP contribution in [0.25, 0.3) is 0 Å². The van der Waals surface area contributed by atoms with Crippen molar-refractivity contribution in [3.8, 4) is 11.5 Å². The van der Waals surface area contributed by atoms with Crippen LogP contribution in [-0.2, 0) is 0 Å². The first kappa shape index (κ1) is 13.7. The number of fused-ring (bicyclic) bond motifs is 1. The zero-order chi connectivity index (χ0) is 13.9. The standard InChI is InChI=1S/C16H23NO3/c1-12-3-2-7-17(12)8-6-14(18)13-4-5-15-16(11-13)20-10-9-19-15/h4-5,11-12,14,18H,2-3,6-10H2,1H3/t12-,14+/m0/s1. The molecular weight excluding hydrogens is 254 g/mol. The van der Waals surface area contributed by atoms with E-state index in [0.29, 0.717) is 19.3 Å². The van der Waals surface area contributed by atoms with Gasteiger partial charge in [0.15, 0.2) is 11.5 Å². The van der Waals surface area contributed by atoms with Crippen molar-refractivity contribution >= 4 is 0 Å². The van der Waals surface area contributed by atoms with Crippen molar-refractivity contribution in [1.82, 2.24) is 4.90 Å². The summed E-state index contributed by atoms with van der Waals surface area (Å²) >= 11 is 0. The number of aliphatic hydroxyl groups excluding tert-OH is 1. The highest BCUT2D eigenvalue weighted by atomic mass is 16.6. The van der Waals surface area contributed by atoms with E-state index in [0.717, 1.165) is 36.6 Å². The number of ether oxygens (including phenoxy) is 2. The van der Waals surface area contributed by atoms with Gasteiger partial charge in [0.2, 0.25) is 0 Å². The van der Waals surface area contributed by atoms with Gasteiger partial charge in [-0.3, -0.25) is 0 Å². The fraction of sp³-hybridized carbons (Fsp3) is 0.625. The average Bonchev–Trinajstić information content (AvgIpc) is 2.89. The molecule has 20 heavy (non-hydrogen) atoms. The molecule has 1 saturated heterocycles. The average molecular weight is 277 g/mol. The Bertz CT molecular complexity index is 463. The van der Waals surface area contributed by atoms with Crippen LogP contribution in [0.3, 0.4) is 0 Å². The molecular formula is C16H23NO3. The Kier molecular flexibility index (Phi) is 4.13. The summed E-state index contributed by atoms with van der Waals surface area (Å²) in [5.41, 5.74) is 0.918. The monoisotopic (exact) mass is 277 g/mol. The lowest BCUT2D eigenvalue weighted by atomic mass is 10.1. The lowest BCUT2D eigenvalue weighted by Gasteiger charge is -2.23. The summed E-state index contributed by atoms with van der Waals surface area (Å²) in [7, 11) is 0. The van der Waals surface area contributed by atoms with Crippen LogP contribution in [0, 0.1) is 0 Å². The van der Waals surface area contributed by atoms with Gasteiger partial charge in [0, 0.05) is 12.6 Å². The lowest BCUT2D eigenvalue weighted by molar-refractivity contribution is 0.138. The van der Waals surface area contributed by atoms with Crippen LogP contribution in [0.5, 0.6) is 11.5 Å². The Morgan fingerprint density at radius 3 is 2.85 bits per heavy atom. The van der Waals surface area contributed by atoms with Crippen LogP contribution in [0.15, 0.2) is 18.2 Å². The molecule has 2 aliphatic heterocycles. The van der Waals surface area contributed by atoms with Crippen LogP contribution in [0.4, 0.5) is 0 Å². The van der Waals surface area contributed by atoms with Gasteiger partial charge in [-0.25, -0.2) is 0 Å². The highest BCUT2D eigenvalue weighted by Crippen LogP contribution is 2.33. The fourth-order valence-electron chi connectivity index (χ4n) is 3.05. The summed E-state index contributed by atoms with van der Waals surface area (Å²) in [4.78, 5) is 2.46. The molecule has 1 N–H and O–H groups in total. The predicted molar refractivity (Wildman–Crippen MR) is 77.3 cm³/mol. The molecule has 2 atom stereocenters. The van der Waals surface area contributed by atoms with E-state index in [9.17, 15) is 5.11 Å². The van der Waals surface area contributed by atoms with E-state index in [-0.39, 0.29) is 0 Å². The molecule has 0 unspecified atom stereocenters. The zero-order valence-corrected chi connectivity index (χ0v) is 12.0. The summed E-state index contributed by atoms with van der Waals surface area (Å²) in [5.74, 6) is 1.53. The number of likely N-dealkylation sites (tertiary alicyclic amines) is 1. The third-order valence-electron chi connectivity index (χ3n) is 4.33. The summed E-state index contributed by atoms with van der Waals surface area (Å²) < 4.78 is 11.1. The first-order chi connectivity index (χ1) is 9.74. The minimum Gasteiger partial charge on any atom is -0.486 e. The van der Waals surface area contributed by atoms with E-state index in [2.05, 4.69) is 11.8 Å². The lowest BCUT2D eigenvalue weighted by Crippen LogP contribution is -2.28. The normalized spacial score (nSPS) is 23.8. The predicted octanol–water partition coefficient (Wildman–Crippen LogP) is 2.37. The van der Waals surface area contributed by atoms with E-state index in [4.69, 9.17) is 9.47 Å². The number of aliphatic hydroxyl groups is 1. The highest BCUT2D eigenvalue weighted by molar-refractivity contribution is 5.44. The number of nitrogens with zero attached hydrogens (tertiary/aromatic N) is 1. The molecule has 1 aromatic rings. The van der Waals surface area contributed by atoms with E-state index in [1.54, 1.807) is 0 Å². The van der Waals surface area contributed by atoms with Gasteiger partial charge in [-0.15, -0.1) is 0 Å². The minimum atomic E-state index is -0.432. The molecule has 3 rings (SSSR count).